The van der Waals surface area contributed by atoms with E-state index in [4.69, 9.17) is 9.72 Å². The lowest BCUT2D eigenvalue weighted by Crippen LogP contribution is -2.35. The summed E-state index contributed by atoms with van der Waals surface area (Å²) >= 11 is 0. The van der Waals surface area contributed by atoms with Gasteiger partial charge >= 0.3 is 0 Å². The summed E-state index contributed by atoms with van der Waals surface area (Å²) in [6.45, 7) is 32.7. The number of fused-ring (bicyclic) bond motifs is 3. The molecule has 5 nitrogen and oxygen atoms in total. The summed E-state index contributed by atoms with van der Waals surface area (Å²) in [5.41, 5.74) is 17.0. The Kier molecular flexibility index (Phi) is 11.7. The van der Waals surface area contributed by atoms with E-state index < -0.39 is 0 Å². The molecular weight excluding hydrogens is 829 g/mol. The molecule has 346 valence electrons. The fourth-order valence-electron chi connectivity index (χ4n) is 9.58. The van der Waals surface area contributed by atoms with Gasteiger partial charge in [0.15, 0.2) is 5.69 Å². The number of benzene rings is 6. The first kappa shape index (κ1) is 46.4. The molecule has 0 fully saturated rings. The maximum atomic E-state index is 6.99. The van der Waals surface area contributed by atoms with Crippen LogP contribution >= 0.6 is 0 Å². The van der Waals surface area contributed by atoms with Crippen molar-refractivity contribution in [1.82, 2.24) is 14.1 Å². The minimum atomic E-state index is -0.132. The first-order valence-corrected chi connectivity index (χ1v) is 24.3. The van der Waals surface area contributed by atoms with Gasteiger partial charge < -0.3 is 4.74 Å². The van der Waals surface area contributed by atoms with Gasteiger partial charge in [-0.05, 0) is 128 Å². The van der Waals surface area contributed by atoms with Crippen LogP contribution in [0.25, 0.3) is 55.7 Å². The number of ether oxygens (including phenoxy) is 1. The zero-order valence-electron chi connectivity index (χ0n) is 42.8. The second-order valence-corrected chi connectivity index (χ2v) is 23.2. The molecule has 0 radical (unpaired) electrons. The molecule has 0 unspecified atom stereocenters. The molecule has 0 spiro atoms. The van der Waals surface area contributed by atoms with Crippen molar-refractivity contribution in [3.63, 3.8) is 0 Å². The molecule has 9 aromatic rings. The first-order valence-electron chi connectivity index (χ1n) is 24.3. The van der Waals surface area contributed by atoms with Crippen LogP contribution in [-0.4, -0.2) is 14.1 Å². The molecule has 0 N–H and O–H groups in total. The van der Waals surface area contributed by atoms with E-state index in [2.05, 4.69) is 257 Å². The number of imidazole rings is 1. The van der Waals surface area contributed by atoms with Crippen LogP contribution in [0.4, 0.5) is 0 Å². The molecule has 0 aliphatic carbocycles. The van der Waals surface area contributed by atoms with Crippen LogP contribution in [0.15, 0.2) is 152 Å². The highest BCUT2D eigenvalue weighted by Crippen LogP contribution is 2.39. The van der Waals surface area contributed by atoms with Crippen molar-refractivity contribution in [1.29, 1.82) is 0 Å². The van der Waals surface area contributed by atoms with Crippen molar-refractivity contribution in [2.24, 2.45) is 0 Å². The van der Waals surface area contributed by atoms with Gasteiger partial charge in [-0.2, -0.15) is 0 Å². The fourth-order valence-corrected chi connectivity index (χ4v) is 9.58. The third-order valence-corrected chi connectivity index (χ3v) is 13.6. The molecular formula is C63H69N4O+. The summed E-state index contributed by atoms with van der Waals surface area (Å²) in [6.07, 6.45) is 6.47. The van der Waals surface area contributed by atoms with Crippen LogP contribution in [0, 0.1) is 13.8 Å². The van der Waals surface area contributed by atoms with Gasteiger partial charge in [-0.25, -0.2) is 14.1 Å². The van der Waals surface area contributed by atoms with Gasteiger partial charge in [-0.15, -0.1) is 0 Å². The molecule has 3 aromatic heterocycles. The zero-order chi connectivity index (χ0) is 48.5. The predicted molar refractivity (Wildman–Crippen MR) is 285 cm³/mol. The van der Waals surface area contributed by atoms with Gasteiger partial charge in [0.25, 0.3) is 0 Å². The molecule has 6 aromatic carbocycles. The maximum Gasteiger partial charge on any atom is 0.249 e. The third-order valence-electron chi connectivity index (χ3n) is 13.6. The van der Waals surface area contributed by atoms with Crippen LogP contribution in [0.3, 0.4) is 0 Å². The second-order valence-electron chi connectivity index (χ2n) is 23.2. The van der Waals surface area contributed by atoms with Crippen LogP contribution in [-0.2, 0) is 28.2 Å². The van der Waals surface area contributed by atoms with E-state index in [1.54, 1.807) is 0 Å². The first-order chi connectivity index (χ1) is 32.0. The lowest BCUT2D eigenvalue weighted by molar-refractivity contribution is -0.677. The Bertz CT molecular complexity index is 3280. The molecule has 68 heavy (non-hydrogen) atoms. The number of aryl methyl sites for hydroxylation is 2. The molecule has 3 heterocycles. The Morgan fingerprint density at radius 1 is 0.515 bits per heavy atom. The van der Waals surface area contributed by atoms with E-state index in [-0.39, 0.29) is 21.7 Å². The van der Waals surface area contributed by atoms with Crippen LogP contribution in [0.2, 0.25) is 0 Å². The van der Waals surface area contributed by atoms with Gasteiger partial charge in [0.05, 0.1) is 11.0 Å². The van der Waals surface area contributed by atoms with Crippen molar-refractivity contribution in [2.45, 2.75) is 125 Å². The molecule has 0 saturated heterocycles. The standard InChI is InChI=1S/C63H69N4O/c1-41-28-46(60(3,4)5)29-42(2)59(41)45-26-27-64-58(32-45)67-55-23-19-18-22-53(55)54-25-24-51(37-56(54)67)68-52-35-49(63(12,13)14)34-50(36-52)65-39-57(44-20-16-15-17-21-44)66(40-65)38-43-30-47(61(6,7)8)33-48(31-43)62(9,10)11/h15-37,39-40H,38H2,1-14H3/q+1. The van der Waals surface area contributed by atoms with Crippen molar-refractivity contribution >= 4 is 21.8 Å². The average molecular weight is 898 g/mol. The number of hydrogen-bond donors (Lipinski definition) is 0. The number of nitrogens with zero attached hydrogens (tertiary/aromatic N) is 4. The monoisotopic (exact) mass is 898 g/mol. The highest BCUT2D eigenvalue weighted by molar-refractivity contribution is 6.09. The topological polar surface area (TPSA) is 35.9 Å². The number of rotatable bonds is 8. The number of para-hydroxylation sites is 1. The largest absolute Gasteiger partial charge is 0.457 e. The normalized spacial score (nSPS) is 12.6. The SMILES string of the molecule is Cc1cc(C(C)(C)C)cc(C)c1-c1ccnc(-n2c3ccccc3c3ccc(Oc4cc(-n5cc(-c6ccccc6)[n+](Cc6cc(C(C)(C)C)cc(C(C)(C)C)c6)c5)cc(C(C)(C)C)c4)cc32)c1. The summed E-state index contributed by atoms with van der Waals surface area (Å²) in [6, 6.07) is 48.8. The van der Waals surface area contributed by atoms with Crippen LogP contribution < -0.4 is 9.30 Å². The highest BCUT2D eigenvalue weighted by atomic mass is 16.5. The minimum absolute atomic E-state index is 0.0273. The van der Waals surface area contributed by atoms with Crippen molar-refractivity contribution in [3.05, 3.63) is 191 Å². The van der Waals surface area contributed by atoms with Crippen LogP contribution in [0.1, 0.15) is 122 Å². The summed E-state index contributed by atoms with van der Waals surface area (Å²) in [7, 11) is 0. The predicted octanol–water partition coefficient (Wildman–Crippen LogP) is 16.2. The molecule has 0 atom stereocenters. The third kappa shape index (κ3) is 9.28. The average Bonchev–Trinajstić information content (AvgIpc) is 3.84. The van der Waals surface area contributed by atoms with Gasteiger partial charge in [0.2, 0.25) is 6.33 Å². The molecule has 0 aliphatic rings. The van der Waals surface area contributed by atoms with Gasteiger partial charge in [-0.3, -0.25) is 4.57 Å². The Hall–Kier alpha value is -6.72. The zero-order valence-corrected chi connectivity index (χ0v) is 42.8. The van der Waals surface area contributed by atoms with Crippen molar-refractivity contribution in [3.8, 4) is 45.4 Å². The van der Waals surface area contributed by atoms with Crippen molar-refractivity contribution < 1.29 is 9.30 Å². The molecule has 0 aliphatic heterocycles. The van der Waals surface area contributed by atoms with Gasteiger partial charge in [0, 0.05) is 34.7 Å². The van der Waals surface area contributed by atoms with Gasteiger partial charge in [0.1, 0.15) is 35.7 Å². The molecule has 0 amide bonds. The Balaban J connectivity index is 1.13. The second kappa shape index (κ2) is 17.1. The molecule has 0 saturated carbocycles. The van der Waals surface area contributed by atoms with Crippen LogP contribution in [0.5, 0.6) is 11.5 Å². The quantitative estimate of drug-likeness (QED) is 0.142. The molecule has 9 rings (SSSR count). The molecule has 5 heteroatoms. The highest BCUT2D eigenvalue weighted by Gasteiger charge is 2.26. The fraction of sp³-hybridized carbons (Fsp3) is 0.302. The van der Waals surface area contributed by atoms with E-state index in [0.29, 0.717) is 0 Å². The Morgan fingerprint density at radius 2 is 1.10 bits per heavy atom. The summed E-state index contributed by atoms with van der Waals surface area (Å²) in [4.78, 5) is 5.03. The number of hydrogen-bond acceptors (Lipinski definition) is 2. The smallest absolute Gasteiger partial charge is 0.249 e. The Morgan fingerprint density at radius 3 is 1.75 bits per heavy atom. The van der Waals surface area contributed by atoms with Crippen molar-refractivity contribution in [2.75, 3.05) is 0 Å². The lowest BCUT2D eigenvalue weighted by Gasteiger charge is -2.26. The van der Waals surface area contributed by atoms with E-state index in [9.17, 15) is 0 Å². The number of aromatic nitrogens is 4. The summed E-state index contributed by atoms with van der Waals surface area (Å²) < 4.78 is 13.9. The molecule has 0 bridgehead atoms. The van der Waals surface area contributed by atoms with Gasteiger partial charge in [-0.1, -0.05) is 162 Å². The minimum Gasteiger partial charge on any atom is -0.457 e. The van der Waals surface area contributed by atoms with E-state index in [1.807, 2.05) is 6.20 Å². The van der Waals surface area contributed by atoms with E-state index in [0.717, 1.165) is 57.2 Å². The Labute approximate surface area is 405 Å². The summed E-state index contributed by atoms with van der Waals surface area (Å²) in [5, 5.41) is 2.33. The van der Waals surface area contributed by atoms with E-state index in [1.165, 1.54) is 55.5 Å². The number of pyridine rings is 1. The maximum absolute atomic E-state index is 6.99. The lowest BCUT2D eigenvalue weighted by atomic mass is 9.79. The van der Waals surface area contributed by atoms with E-state index >= 15 is 0 Å². The summed E-state index contributed by atoms with van der Waals surface area (Å²) in [5.74, 6) is 2.42.